The second kappa shape index (κ2) is 26.9. The van der Waals surface area contributed by atoms with E-state index in [0.29, 0.717) is 0 Å². The van der Waals surface area contributed by atoms with Crippen LogP contribution in [0.15, 0.2) is 35.0 Å². The van der Waals surface area contributed by atoms with Crippen molar-refractivity contribution in [1.29, 1.82) is 0 Å². The van der Waals surface area contributed by atoms with Gasteiger partial charge in [0.25, 0.3) is 0 Å². The topological polar surface area (TPSA) is 189 Å². The fraction of sp³-hybridized carbons (Fsp3) is 0.647. The van der Waals surface area contributed by atoms with Crippen LogP contribution in [0.25, 0.3) is 0 Å². The van der Waals surface area contributed by atoms with Crippen molar-refractivity contribution in [3.05, 3.63) is 46.5 Å². The largest absolute Gasteiger partial charge is 0.453 e. The van der Waals surface area contributed by atoms with E-state index < -0.39 is 6.09 Å². The van der Waals surface area contributed by atoms with Gasteiger partial charge in [-0.15, -0.1) is 0 Å². The lowest BCUT2D eigenvalue weighted by atomic mass is 10.4. The number of likely N-dealkylation sites (tertiary alicyclic amines) is 2. The Morgan fingerprint density at radius 3 is 1.75 bits per heavy atom. The van der Waals surface area contributed by atoms with E-state index in [4.69, 9.17) is 0 Å². The normalized spacial score (nSPS) is 17.8. The average molecular weight is 753 g/mol. The predicted molar refractivity (Wildman–Crippen MR) is 205 cm³/mol. The number of imidazole rings is 2. The number of nitrogens with one attached hydrogen (secondary N) is 6. The molecule has 51 heavy (non-hydrogen) atoms. The molecule has 0 aromatic carbocycles. The van der Waals surface area contributed by atoms with Crippen LogP contribution in [0.4, 0.5) is 4.79 Å². The highest BCUT2D eigenvalue weighted by Gasteiger charge is 2.36. The van der Waals surface area contributed by atoms with E-state index in [-0.39, 0.29) is 41.6 Å². The van der Waals surface area contributed by atoms with Gasteiger partial charge in [-0.2, -0.15) is 0 Å². The molecule has 0 aliphatic carbocycles. The van der Waals surface area contributed by atoms with Crippen molar-refractivity contribution >= 4 is 47.3 Å². The van der Waals surface area contributed by atoms with E-state index in [9.17, 15) is 19.2 Å². The zero-order valence-corrected chi connectivity index (χ0v) is 33.2. The molecular weight excluding hydrogens is 693 g/mol. The number of amides is 4. The minimum absolute atomic E-state index is 0.0303. The lowest BCUT2D eigenvalue weighted by Crippen LogP contribution is -2.38. The molecule has 17 heteroatoms. The summed E-state index contributed by atoms with van der Waals surface area (Å²) in [5.74, 6) is 0.794. The van der Waals surface area contributed by atoms with Gasteiger partial charge in [-0.05, 0) is 25.7 Å². The molecule has 2 aromatic rings. The summed E-state index contributed by atoms with van der Waals surface area (Å²) in [7, 11) is 1.27. The molecule has 6 rings (SSSR count). The van der Waals surface area contributed by atoms with E-state index in [1.165, 1.54) is 36.9 Å². The monoisotopic (exact) mass is 752 g/mol. The van der Waals surface area contributed by atoms with Crippen LogP contribution in [0.3, 0.4) is 0 Å². The van der Waals surface area contributed by atoms with E-state index in [1.54, 1.807) is 45.8 Å². The summed E-state index contributed by atoms with van der Waals surface area (Å²) >= 11 is 3.51. The fourth-order valence-electron chi connectivity index (χ4n) is 4.51. The number of hydrogen-bond acceptors (Lipinski definition) is 11. The number of alkyl carbamates (subject to hydrolysis) is 1. The number of carbonyl (C=O) groups is 4. The quantitative estimate of drug-likeness (QED) is 0.228. The smallest absolute Gasteiger partial charge is 0.407 e. The lowest BCUT2D eigenvalue weighted by Gasteiger charge is -2.15. The molecule has 0 spiro atoms. The standard InChI is InChI=1S/C10H10N6S2.C8H14N2O3.C8H14N2O2.2C3H8.C2H6/c1-2-13-6(12-1)8-16-10-9(18-8)15-7(17-10)5-3-11-4-14-5;1-13-8(12)9-6-7(11)10-4-2-3-5-10;1-7(11)9-6-8(12)10-4-2-3-5-10;2*1-3-2;1-2/h1-4,7-8,15-16H,(H,11,14)(H,12,13);2-6H2,1H3,(H,9,12);2-6H2,1H3,(H,9,11);2*3H2,1-2H3;1-2H3. The SMILES string of the molecule is CC.CC(=O)NCC(=O)N1CCCC1.CCC.CCC.COC(=O)NCC(=O)N1CCCC1.c1c[nH]c(C2NC3=C(NC(c4cnc[nH]4)S3)S2)n1. The van der Waals surface area contributed by atoms with Gasteiger partial charge in [-0.25, -0.2) is 14.8 Å². The number of aromatic amines is 2. The summed E-state index contributed by atoms with van der Waals surface area (Å²) in [5.41, 5.74) is 1.09. The van der Waals surface area contributed by atoms with Gasteiger partial charge in [-0.1, -0.05) is 77.9 Å². The van der Waals surface area contributed by atoms with E-state index in [2.05, 4.69) is 73.6 Å². The van der Waals surface area contributed by atoms with Crippen LogP contribution in [0.2, 0.25) is 0 Å². The third kappa shape index (κ3) is 17.3. The van der Waals surface area contributed by atoms with Gasteiger partial charge in [-0.3, -0.25) is 14.4 Å². The number of H-pyrrole nitrogens is 2. The summed E-state index contributed by atoms with van der Waals surface area (Å²) in [4.78, 5) is 61.8. The molecule has 2 fully saturated rings. The number of rotatable bonds is 6. The Labute approximate surface area is 312 Å². The Bertz CT molecular complexity index is 1210. The molecule has 2 unspecified atom stereocenters. The molecule has 15 nitrogen and oxygen atoms in total. The number of thioether (sulfide) groups is 2. The number of carbonyl (C=O) groups excluding carboxylic acids is 4. The van der Waals surface area contributed by atoms with Crippen molar-refractivity contribution in [1.82, 2.24) is 51.0 Å². The lowest BCUT2D eigenvalue weighted by molar-refractivity contribution is -0.131. The predicted octanol–water partition coefficient (Wildman–Crippen LogP) is 5.20. The highest BCUT2D eigenvalue weighted by atomic mass is 32.2. The first-order chi connectivity index (χ1) is 24.7. The van der Waals surface area contributed by atoms with Gasteiger partial charge in [0.15, 0.2) is 0 Å². The van der Waals surface area contributed by atoms with Gasteiger partial charge in [0.2, 0.25) is 17.7 Å². The molecule has 2 aromatic heterocycles. The number of hydrogen-bond donors (Lipinski definition) is 6. The molecule has 0 bridgehead atoms. The van der Waals surface area contributed by atoms with E-state index >= 15 is 0 Å². The Morgan fingerprint density at radius 1 is 0.824 bits per heavy atom. The Hall–Kier alpha value is -3.86. The summed E-state index contributed by atoms with van der Waals surface area (Å²) < 4.78 is 4.34. The summed E-state index contributed by atoms with van der Waals surface area (Å²) in [6.45, 7) is 17.4. The first kappa shape index (κ1) is 45.2. The Balaban J connectivity index is 0.000000354. The maximum absolute atomic E-state index is 11.3. The summed E-state index contributed by atoms with van der Waals surface area (Å²) in [6.07, 6.45) is 13.4. The highest BCUT2D eigenvalue weighted by Crippen LogP contribution is 2.50. The number of ether oxygens (including phenoxy) is 1. The summed E-state index contributed by atoms with van der Waals surface area (Å²) in [6, 6.07) is 0. The minimum Gasteiger partial charge on any atom is -0.453 e. The number of aromatic nitrogens is 4. The van der Waals surface area contributed by atoms with E-state index in [1.807, 2.05) is 26.2 Å². The average Bonchev–Trinajstić information content (AvgIpc) is 3.97. The van der Waals surface area contributed by atoms with Crippen LogP contribution in [0.5, 0.6) is 0 Å². The molecule has 4 aliphatic heterocycles. The minimum atomic E-state index is -0.562. The van der Waals surface area contributed by atoms with Crippen molar-refractivity contribution < 1.29 is 23.9 Å². The fourth-order valence-corrected chi connectivity index (χ4v) is 6.97. The molecule has 6 N–H and O–H groups in total. The van der Waals surface area contributed by atoms with Gasteiger partial charge in [0, 0.05) is 45.5 Å². The molecular formula is C34H60N10O5S2. The number of methoxy groups -OCH3 is 1. The Kier molecular flexibility index (Phi) is 23.8. The molecule has 288 valence electrons. The van der Waals surface area contributed by atoms with Crippen LogP contribution >= 0.6 is 23.5 Å². The zero-order chi connectivity index (χ0) is 38.0. The molecule has 2 atom stereocenters. The number of nitrogens with zero attached hydrogens (tertiary/aromatic N) is 4. The Morgan fingerprint density at radius 2 is 1.31 bits per heavy atom. The van der Waals surface area contributed by atoms with E-state index in [0.717, 1.165) is 63.4 Å². The van der Waals surface area contributed by atoms with Crippen LogP contribution in [-0.2, 0) is 19.1 Å². The van der Waals surface area contributed by atoms with Crippen molar-refractivity contribution in [2.45, 2.75) is 97.7 Å². The molecule has 0 radical (unpaired) electrons. The zero-order valence-electron chi connectivity index (χ0n) is 31.6. The third-order valence-corrected chi connectivity index (χ3v) is 9.18. The molecule has 4 aliphatic rings. The van der Waals surface area contributed by atoms with Crippen molar-refractivity contribution in [2.75, 3.05) is 46.4 Å². The highest BCUT2D eigenvalue weighted by molar-refractivity contribution is 8.08. The van der Waals surface area contributed by atoms with Crippen molar-refractivity contribution in [2.24, 2.45) is 0 Å². The van der Waals surface area contributed by atoms with Crippen LogP contribution in [0.1, 0.15) is 109 Å². The molecule has 4 amide bonds. The second-order valence-corrected chi connectivity index (χ2v) is 13.5. The third-order valence-electron chi connectivity index (χ3n) is 6.75. The van der Waals surface area contributed by atoms with Gasteiger partial charge in [0.05, 0.1) is 31.9 Å². The van der Waals surface area contributed by atoms with Gasteiger partial charge >= 0.3 is 6.09 Å². The second-order valence-electron chi connectivity index (χ2n) is 11.3. The van der Waals surface area contributed by atoms with Crippen LogP contribution in [-0.4, -0.2) is 99.9 Å². The molecule has 6 heterocycles. The first-order valence-electron chi connectivity index (χ1n) is 17.9. The maximum atomic E-state index is 11.3. The van der Waals surface area contributed by atoms with Gasteiger partial charge in [0.1, 0.15) is 33.2 Å². The van der Waals surface area contributed by atoms with Crippen molar-refractivity contribution in [3.63, 3.8) is 0 Å². The van der Waals surface area contributed by atoms with Crippen LogP contribution in [0, 0.1) is 0 Å². The maximum Gasteiger partial charge on any atom is 0.407 e. The molecule has 0 saturated carbocycles. The first-order valence-corrected chi connectivity index (χ1v) is 19.6. The summed E-state index contributed by atoms with van der Waals surface area (Å²) in [5, 5.41) is 14.5. The van der Waals surface area contributed by atoms with Crippen molar-refractivity contribution in [3.8, 4) is 0 Å². The molecule has 2 saturated heterocycles. The van der Waals surface area contributed by atoms with Crippen LogP contribution < -0.4 is 21.3 Å². The van der Waals surface area contributed by atoms with Gasteiger partial charge < -0.3 is 45.8 Å².